The highest BCUT2D eigenvalue weighted by molar-refractivity contribution is 6.37. The highest BCUT2D eigenvalue weighted by atomic mass is 35.5. The van der Waals surface area contributed by atoms with Gasteiger partial charge in [0, 0.05) is 12.1 Å². The number of carbonyl (C=O) groups is 1. The first-order valence-electron chi connectivity index (χ1n) is 9.18. The number of anilines is 1. The summed E-state index contributed by atoms with van der Waals surface area (Å²) in [6, 6.07) is 12.6. The maximum atomic E-state index is 12.8. The highest BCUT2D eigenvalue weighted by Gasteiger charge is 2.20. The molecule has 4 aromatic rings. The largest absolute Gasteiger partial charge is 0.319 e. The van der Waals surface area contributed by atoms with Crippen LogP contribution in [0.2, 0.25) is 10.0 Å². The van der Waals surface area contributed by atoms with Crippen LogP contribution in [0, 0.1) is 0 Å². The Hall–Kier alpha value is -3.23. The number of halogens is 2. The zero-order chi connectivity index (χ0) is 21.1. The van der Waals surface area contributed by atoms with Crippen LogP contribution in [0.3, 0.4) is 0 Å². The SMILES string of the molecule is CCc1nc(C(=O)Nc2cccc(Cn3cncn3)c2)nn1-c1c(Cl)cccc1Cl. The molecule has 1 N–H and O–H groups in total. The highest BCUT2D eigenvalue weighted by Crippen LogP contribution is 2.28. The van der Waals surface area contributed by atoms with Crippen LogP contribution in [0.15, 0.2) is 55.1 Å². The van der Waals surface area contributed by atoms with E-state index in [1.54, 1.807) is 35.3 Å². The summed E-state index contributed by atoms with van der Waals surface area (Å²) in [5.41, 5.74) is 2.09. The Labute approximate surface area is 182 Å². The molecule has 0 fully saturated rings. The van der Waals surface area contributed by atoms with Gasteiger partial charge in [-0.25, -0.2) is 19.3 Å². The van der Waals surface area contributed by atoms with Crippen LogP contribution in [-0.2, 0) is 13.0 Å². The Morgan fingerprint density at radius 1 is 1.13 bits per heavy atom. The van der Waals surface area contributed by atoms with Crippen molar-refractivity contribution in [1.29, 1.82) is 0 Å². The zero-order valence-corrected chi connectivity index (χ0v) is 17.5. The van der Waals surface area contributed by atoms with Crippen LogP contribution in [-0.4, -0.2) is 35.4 Å². The minimum atomic E-state index is -0.426. The van der Waals surface area contributed by atoms with Crippen molar-refractivity contribution in [2.75, 3.05) is 5.32 Å². The number of rotatable bonds is 6. The van der Waals surface area contributed by atoms with E-state index in [-0.39, 0.29) is 5.82 Å². The van der Waals surface area contributed by atoms with Gasteiger partial charge in [0.05, 0.1) is 16.6 Å². The van der Waals surface area contributed by atoms with E-state index in [1.807, 2.05) is 25.1 Å². The predicted octanol–water partition coefficient (Wildman–Crippen LogP) is 4.03. The summed E-state index contributed by atoms with van der Waals surface area (Å²) in [5, 5.41) is 12.1. The number of nitrogens with one attached hydrogen (secondary N) is 1. The molecule has 152 valence electrons. The molecule has 30 heavy (non-hydrogen) atoms. The Morgan fingerprint density at radius 3 is 2.60 bits per heavy atom. The van der Waals surface area contributed by atoms with Gasteiger partial charge in [0.25, 0.3) is 5.91 Å². The standard InChI is InChI=1S/C20H17Cl2N7O/c1-2-17-26-19(27-29(17)18-15(21)7-4-8-16(18)22)20(30)25-14-6-3-5-13(9-14)10-28-12-23-11-24-28/h3-9,11-12H,2,10H2,1H3,(H,25,30). The van der Waals surface area contributed by atoms with Crippen LogP contribution in [0.1, 0.15) is 28.9 Å². The molecule has 0 aliphatic rings. The quantitative estimate of drug-likeness (QED) is 0.487. The Balaban J connectivity index is 1.58. The summed E-state index contributed by atoms with van der Waals surface area (Å²) in [7, 11) is 0. The average Bonchev–Trinajstić information content (AvgIpc) is 3.38. The van der Waals surface area contributed by atoms with Gasteiger partial charge < -0.3 is 5.32 Å². The van der Waals surface area contributed by atoms with Gasteiger partial charge in [-0.05, 0) is 29.8 Å². The van der Waals surface area contributed by atoms with Gasteiger partial charge in [-0.2, -0.15) is 5.10 Å². The van der Waals surface area contributed by atoms with Crippen LogP contribution in [0.4, 0.5) is 5.69 Å². The van der Waals surface area contributed by atoms with E-state index >= 15 is 0 Å². The van der Waals surface area contributed by atoms with Crippen molar-refractivity contribution < 1.29 is 4.79 Å². The second-order valence-corrected chi connectivity index (χ2v) is 7.25. The third kappa shape index (κ3) is 4.19. The lowest BCUT2D eigenvalue weighted by Gasteiger charge is -2.08. The van der Waals surface area contributed by atoms with Gasteiger partial charge in [0.2, 0.25) is 5.82 Å². The molecule has 1 amide bonds. The van der Waals surface area contributed by atoms with Crippen molar-refractivity contribution in [3.63, 3.8) is 0 Å². The molecule has 10 heteroatoms. The van der Waals surface area contributed by atoms with E-state index in [1.165, 1.54) is 11.0 Å². The molecular formula is C20H17Cl2N7O. The molecule has 0 bridgehead atoms. The summed E-state index contributed by atoms with van der Waals surface area (Å²) in [6.07, 6.45) is 3.66. The molecule has 0 aliphatic carbocycles. The lowest BCUT2D eigenvalue weighted by atomic mass is 10.2. The van der Waals surface area contributed by atoms with E-state index in [9.17, 15) is 4.79 Å². The number of hydrogen-bond donors (Lipinski definition) is 1. The van der Waals surface area contributed by atoms with Gasteiger partial charge >= 0.3 is 0 Å². The maximum Gasteiger partial charge on any atom is 0.295 e. The fourth-order valence-corrected chi connectivity index (χ4v) is 3.53. The number of carbonyl (C=O) groups excluding carboxylic acids is 1. The number of para-hydroxylation sites is 1. The maximum absolute atomic E-state index is 12.8. The smallest absolute Gasteiger partial charge is 0.295 e. The zero-order valence-electron chi connectivity index (χ0n) is 16.0. The van der Waals surface area contributed by atoms with Crippen molar-refractivity contribution in [3.05, 3.63) is 82.4 Å². The lowest BCUT2D eigenvalue weighted by Crippen LogP contribution is -2.14. The number of hydrogen-bond acceptors (Lipinski definition) is 5. The van der Waals surface area contributed by atoms with Crippen LogP contribution < -0.4 is 5.32 Å². The molecule has 8 nitrogen and oxygen atoms in total. The fourth-order valence-electron chi connectivity index (χ4n) is 2.98. The van der Waals surface area contributed by atoms with E-state index in [4.69, 9.17) is 23.2 Å². The minimum Gasteiger partial charge on any atom is -0.319 e. The topological polar surface area (TPSA) is 90.5 Å². The number of aromatic nitrogens is 6. The summed E-state index contributed by atoms with van der Waals surface area (Å²) < 4.78 is 3.21. The van der Waals surface area contributed by atoms with Crippen molar-refractivity contribution in [3.8, 4) is 5.69 Å². The molecule has 0 spiro atoms. The first-order valence-corrected chi connectivity index (χ1v) is 9.93. The molecule has 0 saturated carbocycles. The van der Waals surface area contributed by atoms with Crippen molar-refractivity contribution in [2.24, 2.45) is 0 Å². The molecule has 0 aliphatic heterocycles. The van der Waals surface area contributed by atoms with Gasteiger partial charge in [0.15, 0.2) is 0 Å². The third-order valence-corrected chi connectivity index (χ3v) is 4.95. The lowest BCUT2D eigenvalue weighted by molar-refractivity contribution is 0.101. The average molecular weight is 442 g/mol. The van der Waals surface area contributed by atoms with Crippen molar-refractivity contribution >= 4 is 34.8 Å². The Bertz CT molecular complexity index is 1170. The molecule has 2 heterocycles. The van der Waals surface area contributed by atoms with E-state index in [0.717, 1.165) is 5.56 Å². The van der Waals surface area contributed by atoms with Crippen LogP contribution >= 0.6 is 23.2 Å². The minimum absolute atomic E-state index is 0.0320. The first kappa shape index (κ1) is 20.1. The molecule has 0 unspecified atom stereocenters. The van der Waals surface area contributed by atoms with Crippen LogP contribution in [0.5, 0.6) is 0 Å². The number of aryl methyl sites for hydroxylation is 1. The van der Waals surface area contributed by atoms with Gasteiger partial charge in [-0.1, -0.05) is 48.3 Å². The van der Waals surface area contributed by atoms with E-state index in [0.29, 0.717) is 40.2 Å². The number of amides is 1. The normalized spacial score (nSPS) is 10.9. The molecular weight excluding hydrogens is 425 g/mol. The molecule has 4 rings (SSSR count). The second kappa shape index (κ2) is 8.64. The van der Waals surface area contributed by atoms with Gasteiger partial charge in [0.1, 0.15) is 24.2 Å². The second-order valence-electron chi connectivity index (χ2n) is 6.43. The van der Waals surface area contributed by atoms with Crippen molar-refractivity contribution in [2.45, 2.75) is 19.9 Å². The first-order chi connectivity index (χ1) is 14.5. The monoisotopic (exact) mass is 441 g/mol. The number of nitrogens with zero attached hydrogens (tertiary/aromatic N) is 6. The summed E-state index contributed by atoms with van der Waals surface area (Å²) in [5.74, 6) is 0.184. The summed E-state index contributed by atoms with van der Waals surface area (Å²) in [4.78, 5) is 21.1. The molecule has 0 atom stereocenters. The summed E-state index contributed by atoms with van der Waals surface area (Å²) >= 11 is 12.6. The van der Waals surface area contributed by atoms with Crippen molar-refractivity contribution in [1.82, 2.24) is 29.5 Å². The predicted molar refractivity (Wildman–Crippen MR) is 114 cm³/mol. The Kier molecular flexibility index (Phi) is 5.78. The number of benzene rings is 2. The molecule has 0 radical (unpaired) electrons. The van der Waals surface area contributed by atoms with Crippen LogP contribution in [0.25, 0.3) is 5.69 Å². The molecule has 2 aromatic heterocycles. The molecule has 0 saturated heterocycles. The Morgan fingerprint density at radius 2 is 1.90 bits per heavy atom. The van der Waals surface area contributed by atoms with Gasteiger partial charge in [-0.15, -0.1) is 5.10 Å². The molecule has 2 aromatic carbocycles. The summed E-state index contributed by atoms with van der Waals surface area (Å²) in [6.45, 7) is 2.46. The van der Waals surface area contributed by atoms with Gasteiger partial charge in [-0.3, -0.25) is 4.79 Å². The van der Waals surface area contributed by atoms with E-state index < -0.39 is 5.91 Å². The van der Waals surface area contributed by atoms with E-state index in [2.05, 4.69) is 25.5 Å². The third-order valence-electron chi connectivity index (χ3n) is 4.34. The fraction of sp³-hybridized carbons (Fsp3) is 0.150.